The Morgan fingerprint density at radius 3 is 1.52 bits per heavy atom. The molecule has 0 amide bonds. The molecule has 0 aliphatic heterocycles. The van der Waals surface area contributed by atoms with E-state index in [2.05, 4.69) is 146 Å². The minimum Gasteiger partial charge on any atom is -0.456 e. The summed E-state index contributed by atoms with van der Waals surface area (Å²) < 4.78 is 6.50. The molecule has 0 atom stereocenters. The van der Waals surface area contributed by atoms with Crippen molar-refractivity contribution in [3.05, 3.63) is 175 Å². The molecule has 0 fully saturated rings. The van der Waals surface area contributed by atoms with E-state index in [0.29, 0.717) is 17.5 Å². The van der Waals surface area contributed by atoms with Crippen molar-refractivity contribution in [3.8, 4) is 67.5 Å². The van der Waals surface area contributed by atoms with Gasteiger partial charge in [-0.2, -0.15) is 0 Å². The van der Waals surface area contributed by atoms with Gasteiger partial charge in [0.05, 0.1) is 0 Å². The zero-order valence-corrected chi connectivity index (χ0v) is 27.4. The lowest BCUT2D eigenvalue weighted by Gasteiger charge is -2.10. The fourth-order valence-electron chi connectivity index (χ4n) is 6.70. The molecule has 0 unspecified atom stereocenters. The van der Waals surface area contributed by atoms with E-state index in [9.17, 15) is 0 Å². The summed E-state index contributed by atoms with van der Waals surface area (Å²) in [6.07, 6.45) is 0. The minimum atomic E-state index is 0.597. The molecule has 2 aromatic heterocycles. The molecule has 4 heteroatoms. The molecule has 0 saturated carbocycles. The summed E-state index contributed by atoms with van der Waals surface area (Å²) in [6.45, 7) is 2.08. The van der Waals surface area contributed by atoms with Gasteiger partial charge in [0.15, 0.2) is 17.5 Å². The normalized spacial score (nSPS) is 11.3. The van der Waals surface area contributed by atoms with E-state index in [1.165, 1.54) is 16.7 Å². The highest BCUT2D eigenvalue weighted by atomic mass is 16.3. The fourth-order valence-corrected chi connectivity index (χ4v) is 6.70. The first kappa shape index (κ1) is 29.5. The Kier molecular flexibility index (Phi) is 7.33. The van der Waals surface area contributed by atoms with E-state index < -0.39 is 0 Å². The van der Waals surface area contributed by atoms with E-state index in [4.69, 9.17) is 19.4 Å². The molecule has 0 saturated heterocycles. The highest BCUT2D eigenvalue weighted by Gasteiger charge is 2.17. The molecule has 0 radical (unpaired) electrons. The van der Waals surface area contributed by atoms with Crippen molar-refractivity contribution in [2.24, 2.45) is 0 Å². The topological polar surface area (TPSA) is 51.8 Å². The van der Waals surface area contributed by atoms with Gasteiger partial charge in [0, 0.05) is 27.5 Å². The molecule has 0 aliphatic carbocycles. The summed E-state index contributed by atoms with van der Waals surface area (Å²) in [7, 11) is 0. The Hall–Kier alpha value is -6.65. The summed E-state index contributed by atoms with van der Waals surface area (Å²) in [5, 5.41) is 2.15. The molecule has 0 aliphatic rings. The molecule has 9 aromatic rings. The summed E-state index contributed by atoms with van der Waals surface area (Å²) in [6, 6.07) is 58.7. The first-order valence-corrected chi connectivity index (χ1v) is 16.8. The van der Waals surface area contributed by atoms with Crippen LogP contribution in [0.3, 0.4) is 0 Å². The second-order valence-electron chi connectivity index (χ2n) is 12.5. The Morgan fingerprint density at radius 1 is 0.360 bits per heavy atom. The van der Waals surface area contributed by atoms with Crippen LogP contribution in [0.1, 0.15) is 5.56 Å². The van der Waals surface area contributed by atoms with Crippen molar-refractivity contribution in [3.63, 3.8) is 0 Å². The molecule has 7 aromatic carbocycles. The molecule has 4 nitrogen and oxygen atoms in total. The van der Waals surface area contributed by atoms with Crippen molar-refractivity contribution in [2.45, 2.75) is 6.92 Å². The maximum absolute atomic E-state index is 6.50. The van der Waals surface area contributed by atoms with Crippen LogP contribution in [0.4, 0.5) is 0 Å². The predicted octanol–water partition coefficient (Wildman–Crippen LogP) is 12.1. The van der Waals surface area contributed by atoms with Crippen LogP contribution in [0.25, 0.3) is 89.5 Å². The van der Waals surface area contributed by atoms with Gasteiger partial charge in [-0.1, -0.05) is 152 Å². The highest BCUT2D eigenvalue weighted by molar-refractivity contribution is 6.13. The zero-order chi connectivity index (χ0) is 33.4. The lowest BCUT2D eigenvalue weighted by Crippen LogP contribution is -2.01. The maximum Gasteiger partial charge on any atom is 0.164 e. The number of fused-ring (bicyclic) bond motifs is 3. The third kappa shape index (κ3) is 5.43. The van der Waals surface area contributed by atoms with Crippen molar-refractivity contribution in [2.75, 3.05) is 0 Å². The van der Waals surface area contributed by atoms with Crippen LogP contribution in [0, 0.1) is 6.92 Å². The van der Waals surface area contributed by atoms with Crippen LogP contribution in [-0.4, -0.2) is 15.0 Å². The van der Waals surface area contributed by atoms with Crippen LogP contribution in [0.15, 0.2) is 174 Å². The first-order valence-electron chi connectivity index (χ1n) is 16.8. The van der Waals surface area contributed by atoms with E-state index in [-0.39, 0.29) is 0 Å². The number of furan rings is 1. The van der Waals surface area contributed by atoms with Crippen LogP contribution < -0.4 is 0 Å². The van der Waals surface area contributed by atoms with Gasteiger partial charge >= 0.3 is 0 Å². The fraction of sp³-hybridized carbons (Fsp3) is 0.0217. The monoisotopic (exact) mass is 641 g/mol. The number of nitrogens with zero attached hydrogens (tertiary/aromatic N) is 3. The largest absolute Gasteiger partial charge is 0.456 e. The third-order valence-electron chi connectivity index (χ3n) is 9.33. The lowest BCUT2D eigenvalue weighted by atomic mass is 9.96. The van der Waals surface area contributed by atoms with Gasteiger partial charge in [-0.15, -0.1) is 0 Å². The Balaban J connectivity index is 1.14. The summed E-state index contributed by atoms with van der Waals surface area (Å²) >= 11 is 0. The van der Waals surface area contributed by atoms with E-state index in [0.717, 1.165) is 60.9 Å². The van der Waals surface area contributed by atoms with Gasteiger partial charge in [-0.3, -0.25) is 0 Å². The van der Waals surface area contributed by atoms with E-state index in [1.54, 1.807) is 0 Å². The molecular weight excluding hydrogens is 611 g/mol. The second-order valence-corrected chi connectivity index (χ2v) is 12.5. The number of benzene rings is 7. The van der Waals surface area contributed by atoms with Crippen molar-refractivity contribution in [1.82, 2.24) is 15.0 Å². The maximum atomic E-state index is 6.50. The van der Waals surface area contributed by atoms with Gasteiger partial charge in [-0.25, -0.2) is 15.0 Å². The van der Waals surface area contributed by atoms with Gasteiger partial charge in [-0.05, 0) is 64.1 Å². The average molecular weight is 642 g/mol. The SMILES string of the molecule is Cc1ccccc1-c1nc(-c2ccc(-c3ccccc3)cc2)nc(-c2ccc3c(c2)oc2cccc(-c4ccc(-c5ccccc5)cc4)c23)n1. The summed E-state index contributed by atoms with van der Waals surface area (Å²) in [5.41, 5.74) is 12.5. The smallest absolute Gasteiger partial charge is 0.164 e. The Morgan fingerprint density at radius 2 is 0.860 bits per heavy atom. The quantitative estimate of drug-likeness (QED) is 0.181. The second kappa shape index (κ2) is 12.4. The average Bonchev–Trinajstić information content (AvgIpc) is 3.57. The standard InChI is InChI=1S/C46H31N3O/c1-30-11-8-9-16-38(30)46-48-44(36-25-21-34(22-26-36)32-14-6-3-7-15-32)47-45(49-46)37-27-28-40-42(29-37)50-41-18-10-17-39(43(40)41)35-23-19-33(20-24-35)31-12-4-2-5-13-31/h2-29H,1H3. The van der Waals surface area contributed by atoms with Crippen LogP contribution in [-0.2, 0) is 0 Å². The summed E-state index contributed by atoms with van der Waals surface area (Å²) in [4.78, 5) is 15.0. The van der Waals surface area contributed by atoms with Crippen LogP contribution >= 0.6 is 0 Å². The molecule has 50 heavy (non-hydrogen) atoms. The van der Waals surface area contributed by atoms with Crippen molar-refractivity contribution >= 4 is 21.9 Å². The van der Waals surface area contributed by atoms with E-state index in [1.807, 2.05) is 30.3 Å². The van der Waals surface area contributed by atoms with Gasteiger partial charge < -0.3 is 4.42 Å². The number of hydrogen-bond donors (Lipinski definition) is 0. The molecule has 2 heterocycles. The molecular formula is C46H31N3O. The van der Waals surface area contributed by atoms with Crippen molar-refractivity contribution in [1.29, 1.82) is 0 Å². The first-order chi connectivity index (χ1) is 24.7. The zero-order valence-electron chi connectivity index (χ0n) is 27.4. The number of rotatable bonds is 6. The van der Waals surface area contributed by atoms with Gasteiger partial charge in [0.1, 0.15) is 11.2 Å². The minimum absolute atomic E-state index is 0.597. The van der Waals surface area contributed by atoms with Gasteiger partial charge in [0.25, 0.3) is 0 Å². The number of hydrogen-bond acceptors (Lipinski definition) is 4. The predicted molar refractivity (Wildman–Crippen MR) is 204 cm³/mol. The number of aromatic nitrogens is 3. The molecule has 0 bridgehead atoms. The molecule has 9 rings (SSSR count). The Labute approximate surface area is 290 Å². The summed E-state index contributed by atoms with van der Waals surface area (Å²) in [5.74, 6) is 1.86. The Bertz CT molecular complexity index is 2630. The third-order valence-corrected chi connectivity index (χ3v) is 9.33. The number of aryl methyl sites for hydroxylation is 1. The van der Waals surface area contributed by atoms with Crippen molar-refractivity contribution < 1.29 is 4.42 Å². The molecule has 236 valence electrons. The van der Waals surface area contributed by atoms with Gasteiger partial charge in [0.2, 0.25) is 0 Å². The highest BCUT2D eigenvalue weighted by Crippen LogP contribution is 2.39. The van der Waals surface area contributed by atoms with Crippen LogP contribution in [0.5, 0.6) is 0 Å². The molecule has 0 N–H and O–H groups in total. The van der Waals surface area contributed by atoms with E-state index >= 15 is 0 Å². The lowest BCUT2D eigenvalue weighted by molar-refractivity contribution is 0.669. The molecule has 0 spiro atoms. The van der Waals surface area contributed by atoms with Crippen LogP contribution in [0.2, 0.25) is 0 Å².